The van der Waals surface area contributed by atoms with Crippen molar-refractivity contribution in [1.29, 1.82) is 0 Å². The molecule has 2 aromatic rings. The highest BCUT2D eigenvalue weighted by molar-refractivity contribution is 7.80. The monoisotopic (exact) mass is 403 g/mol. The first-order valence-electron chi connectivity index (χ1n) is 8.07. The van der Waals surface area contributed by atoms with Crippen LogP contribution in [0.25, 0.3) is 16.5 Å². The normalized spacial score (nSPS) is 16.1. The maximum atomic E-state index is 12.0. The zero-order valence-electron chi connectivity index (χ0n) is 14.1. The fraction of sp³-hybridized carbons (Fsp3) is 0.167. The molecule has 1 atom stereocenters. The number of benzene rings is 1. The van der Waals surface area contributed by atoms with Gasteiger partial charge in [0.25, 0.3) is 11.8 Å². The van der Waals surface area contributed by atoms with Gasteiger partial charge in [-0.3, -0.25) is 14.9 Å². The number of thiocarbonyl (C=S) groups is 1. The number of carbonyl (C=O) groups excluding carboxylic acids is 2. The minimum absolute atomic E-state index is 0.00884. The van der Waals surface area contributed by atoms with E-state index in [-0.39, 0.29) is 18.4 Å². The Kier molecular flexibility index (Phi) is 5.97. The maximum Gasteiger partial charge on any atom is 0.273 e. The van der Waals surface area contributed by atoms with Crippen molar-refractivity contribution < 1.29 is 19.8 Å². The van der Waals surface area contributed by atoms with Crippen LogP contribution in [0.2, 0.25) is 0 Å². The van der Waals surface area contributed by atoms with Gasteiger partial charge in [-0.1, -0.05) is 12.1 Å². The summed E-state index contributed by atoms with van der Waals surface area (Å²) >= 11 is 6.41. The van der Waals surface area contributed by atoms with E-state index in [0.717, 1.165) is 15.3 Å². The van der Waals surface area contributed by atoms with Crippen LogP contribution >= 0.6 is 23.6 Å². The summed E-state index contributed by atoms with van der Waals surface area (Å²) < 4.78 is 0. The summed E-state index contributed by atoms with van der Waals surface area (Å²) in [6.07, 6.45) is 0.759. The SMILES string of the molecule is O=C1NC(=S)NC1=Cc1ccc(-c2ccc(C(=O)NCC(O)CO)cc2)s1. The van der Waals surface area contributed by atoms with Gasteiger partial charge in [0.2, 0.25) is 0 Å². The van der Waals surface area contributed by atoms with Crippen molar-refractivity contribution in [3.63, 3.8) is 0 Å². The van der Waals surface area contributed by atoms with Crippen LogP contribution in [0.15, 0.2) is 42.1 Å². The van der Waals surface area contributed by atoms with Crippen molar-refractivity contribution in [1.82, 2.24) is 16.0 Å². The number of carbonyl (C=O) groups is 2. The maximum absolute atomic E-state index is 12.0. The molecule has 2 heterocycles. The molecule has 0 spiro atoms. The van der Waals surface area contributed by atoms with Crippen LogP contribution in [0.5, 0.6) is 0 Å². The van der Waals surface area contributed by atoms with Gasteiger partial charge in [-0.15, -0.1) is 11.3 Å². The molecule has 5 N–H and O–H groups in total. The van der Waals surface area contributed by atoms with E-state index in [1.165, 1.54) is 11.3 Å². The molecule has 0 aliphatic carbocycles. The summed E-state index contributed by atoms with van der Waals surface area (Å²) in [7, 11) is 0. The quantitative estimate of drug-likeness (QED) is 0.361. The Morgan fingerprint density at radius 1 is 1.22 bits per heavy atom. The van der Waals surface area contributed by atoms with Gasteiger partial charge in [-0.25, -0.2) is 0 Å². The van der Waals surface area contributed by atoms with Crippen molar-refractivity contribution in [3.05, 3.63) is 52.5 Å². The molecule has 1 aromatic heterocycles. The average molecular weight is 403 g/mol. The standard InChI is InChI=1S/C18H17N3O4S2/c22-9-12(23)8-19-16(24)11-3-1-10(2-4-11)15-6-5-13(27-15)7-14-17(25)21-18(26)20-14/h1-7,12,22-23H,8-9H2,(H,19,24)(H2,20,21,25,26). The highest BCUT2D eigenvalue weighted by Crippen LogP contribution is 2.29. The molecule has 1 saturated heterocycles. The van der Waals surface area contributed by atoms with Crippen LogP contribution in [0.4, 0.5) is 0 Å². The predicted molar refractivity (Wildman–Crippen MR) is 107 cm³/mol. The molecule has 1 aromatic carbocycles. The molecule has 1 unspecified atom stereocenters. The lowest BCUT2D eigenvalue weighted by atomic mass is 10.1. The minimum atomic E-state index is -0.974. The molecule has 7 nitrogen and oxygen atoms in total. The second-order valence-corrected chi connectivity index (χ2v) is 7.32. The van der Waals surface area contributed by atoms with Gasteiger partial charge in [0.05, 0.1) is 12.7 Å². The third kappa shape index (κ3) is 4.77. The Morgan fingerprint density at radius 3 is 2.59 bits per heavy atom. The Balaban J connectivity index is 1.68. The Morgan fingerprint density at radius 2 is 1.96 bits per heavy atom. The van der Waals surface area contributed by atoms with Crippen molar-refractivity contribution >= 4 is 46.6 Å². The Hall–Kier alpha value is -2.59. The average Bonchev–Trinajstić information content (AvgIpc) is 3.26. The van der Waals surface area contributed by atoms with Gasteiger partial charge < -0.3 is 20.8 Å². The number of amides is 2. The summed E-state index contributed by atoms with van der Waals surface area (Å²) in [6, 6.07) is 10.9. The van der Waals surface area contributed by atoms with Crippen LogP contribution in [0, 0.1) is 0 Å². The van der Waals surface area contributed by atoms with Gasteiger partial charge >= 0.3 is 0 Å². The fourth-order valence-corrected chi connectivity index (χ4v) is 3.53. The largest absolute Gasteiger partial charge is 0.394 e. The van der Waals surface area contributed by atoms with Gasteiger partial charge in [-0.2, -0.15) is 0 Å². The smallest absolute Gasteiger partial charge is 0.273 e. The number of aliphatic hydroxyl groups excluding tert-OH is 2. The number of hydrogen-bond acceptors (Lipinski definition) is 6. The zero-order chi connectivity index (χ0) is 19.4. The van der Waals surface area contributed by atoms with Crippen LogP contribution < -0.4 is 16.0 Å². The van der Waals surface area contributed by atoms with E-state index < -0.39 is 12.7 Å². The van der Waals surface area contributed by atoms with Crippen molar-refractivity contribution in [2.24, 2.45) is 0 Å². The molecule has 9 heteroatoms. The van der Waals surface area contributed by atoms with Gasteiger partial charge in [0.1, 0.15) is 5.70 Å². The van der Waals surface area contributed by atoms with Crippen LogP contribution in [-0.4, -0.2) is 46.4 Å². The molecule has 1 aliphatic heterocycles. The highest BCUT2D eigenvalue weighted by Gasteiger charge is 2.20. The molecule has 3 rings (SSSR count). The van der Waals surface area contributed by atoms with E-state index in [1.54, 1.807) is 18.2 Å². The fourth-order valence-electron chi connectivity index (χ4n) is 2.37. The third-order valence-corrected chi connectivity index (χ3v) is 5.06. The summed E-state index contributed by atoms with van der Waals surface area (Å²) in [6.45, 7) is -0.413. The number of hydrogen-bond donors (Lipinski definition) is 5. The molecular formula is C18H17N3O4S2. The van der Waals surface area contributed by atoms with Crippen molar-refractivity contribution in [2.45, 2.75) is 6.10 Å². The molecule has 1 fully saturated rings. The van der Waals surface area contributed by atoms with Gasteiger partial charge in [0.15, 0.2) is 5.11 Å². The molecule has 0 saturated carbocycles. The Bertz CT molecular complexity index is 906. The van der Waals surface area contributed by atoms with E-state index in [9.17, 15) is 14.7 Å². The second kappa shape index (κ2) is 8.40. The first-order chi connectivity index (χ1) is 13.0. The summed E-state index contributed by atoms with van der Waals surface area (Å²) in [5, 5.41) is 26.2. The van der Waals surface area contributed by atoms with Crippen LogP contribution in [0.1, 0.15) is 15.2 Å². The second-order valence-electron chi connectivity index (χ2n) is 5.79. The summed E-state index contributed by atoms with van der Waals surface area (Å²) in [5.74, 6) is -0.573. The molecular weight excluding hydrogens is 386 g/mol. The van der Waals surface area contributed by atoms with Crippen LogP contribution in [-0.2, 0) is 4.79 Å². The first-order valence-corrected chi connectivity index (χ1v) is 9.30. The summed E-state index contributed by atoms with van der Waals surface area (Å²) in [4.78, 5) is 25.6. The number of rotatable bonds is 6. The molecule has 0 bridgehead atoms. The lowest BCUT2D eigenvalue weighted by Crippen LogP contribution is -2.33. The van der Waals surface area contributed by atoms with Gasteiger partial charge in [-0.05, 0) is 48.1 Å². The lowest BCUT2D eigenvalue weighted by Gasteiger charge is -2.09. The number of thiophene rings is 1. The van der Waals surface area contributed by atoms with Gasteiger partial charge in [0, 0.05) is 21.9 Å². The number of nitrogens with one attached hydrogen (secondary N) is 3. The minimum Gasteiger partial charge on any atom is -0.394 e. The van der Waals surface area contributed by atoms with E-state index in [1.807, 2.05) is 24.3 Å². The van der Waals surface area contributed by atoms with Crippen molar-refractivity contribution in [2.75, 3.05) is 13.2 Å². The highest BCUT2D eigenvalue weighted by atomic mass is 32.1. The van der Waals surface area contributed by atoms with E-state index in [4.69, 9.17) is 17.3 Å². The molecule has 2 amide bonds. The molecule has 0 radical (unpaired) electrons. The van der Waals surface area contributed by atoms with E-state index in [0.29, 0.717) is 16.4 Å². The molecule has 1 aliphatic rings. The first kappa shape index (κ1) is 19.2. The van der Waals surface area contributed by atoms with Crippen LogP contribution in [0.3, 0.4) is 0 Å². The van der Waals surface area contributed by atoms with E-state index in [2.05, 4.69) is 16.0 Å². The van der Waals surface area contributed by atoms with E-state index >= 15 is 0 Å². The summed E-state index contributed by atoms with van der Waals surface area (Å²) in [5.41, 5.74) is 1.81. The zero-order valence-corrected chi connectivity index (χ0v) is 15.7. The Labute approximate surface area is 164 Å². The topological polar surface area (TPSA) is 111 Å². The molecule has 27 heavy (non-hydrogen) atoms. The predicted octanol–water partition coefficient (Wildman–Crippen LogP) is 0.843. The molecule has 140 valence electrons. The third-order valence-electron chi connectivity index (χ3n) is 3.77. The number of aliphatic hydroxyl groups is 2. The lowest BCUT2D eigenvalue weighted by molar-refractivity contribution is -0.115. The van der Waals surface area contributed by atoms with Crippen molar-refractivity contribution in [3.8, 4) is 10.4 Å².